The maximum atomic E-state index is 5.37. The molecule has 0 saturated carbocycles. The van der Waals surface area contributed by atoms with Crippen molar-refractivity contribution in [2.45, 2.75) is 20.4 Å². The van der Waals surface area contributed by atoms with Crippen LogP contribution < -0.4 is 16.1 Å². The highest BCUT2D eigenvalue weighted by atomic mass is 32.1. The summed E-state index contributed by atoms with van der Waals surface area (Å²) < 4.78 is 0. The van der Waals surface area contributed by atoms with Gasteiger partial charge in [0, 0.05) is 12.2 Å². The molecule has 0 atom stereocenters. The largest absolute Gasteiger partial charge is 0.348 e. The van der Waals surface area contributed by atoms with Crippen LogP contribution in [0.15, 0.2) is 42.5 Å². The Bertz CT molecular complexity index is 654. The molecule has 114 valence electrons. The van der Waals surface area contributed by atoms with E-state index in [1.165, 1.54) is 16.7 Å². The number of hydrazine groups is 1. The molecule has 0 unspecified atom stereocenters. The number of benzene rings is 2. The van der Waals surface area contributed by atoms with Crippen LogP contribution in [0.5, 0.6) is 0 Å². The summed E-state index contributed by atoms with van der Waals surface area (Å²) in [5.74, 6) is 0. The van der Waals surface area contributed by atoms with E-state index in [0.29, 0.717) is 11.8 Å². The van der Waals surface area contributed by atoms with E-state index in [1.54, 1.807) is 0 Å². The van der Waals surface area contributed by atoms with Crippen molar-refractivity contribution in [2.24, 2.45) is 0 Å². The van der Waals surface area contributed by atoms with Gasteiger partial charge in [0.05, 0.1) is 12.4 Å². The molecule has 0 fully saturated rings. The average Bonchev–Trinajstić information content (AvgIpc) is 2.87. The zero-order valence-electron chi connectivity index (χ0n) is 12.8. The second-order valence-electron chi connectivity index (χ2n) is 5.63. The summed E-state index contributed by atoms with van der Waals surface area (Å²) in [4.78, 5) is 0. The van der Waals surface area contributed by atoms with Gasteiger partial charge in [-0.2, -0.15) is 5.01 Å². The van der Waals surface area contributed by atoms with Crippen LogP contribution in [-0.2, 0) is 6.54 Å². The molecular formula is C17H20N4S. The Morgan fingerprint density at radius 1 is 1.18 bits per heavy atom. The Hall–Kier alpha value is -2.11. The highest BCUT2D eigenvalue weighted by molar-refractivity contribution is 7.80. The summed E-state index contributed by atoms with van der Waals surface area (Å²) in [7, 11) is 0. The van der Waals surface area contributed by atoms with Crippen molar-refractivity contribution in [3.8, 4) is 0 Å². The van der Waals surface area contributed by atoms with Crippen molar-refractivity contribution in [1.82, 2.24) is 10.3 Å². The van der Waals surface area contributed by atoms with Gasteiger partial charge in [0.25, 0.3) is 0 Å². The lowest BCUT2D eigenvalue weighted by molar-refractivity contribution is 0.337. The predicted molar refractivity (Wildman–Crippen MR) is 95.7 cm³/mol. The number of hydrogen-bond acceptors (Lipinski definition) is 3. The summed E-state index contributed by atoms with van der Waals surface area (Å²) in [6, 6.07) is 14.6. The third kappa shape index (κ3) is 3.55. The predicted octanol–water partition coefficient (Wildman–Crippen LogP) is 3.39. The number of rotatable bonds is 3. The van der Waals surface area contributed by atoms with Crippen LogP contribution in [0.3, 0.4) is 0 Å². The minimum Gasteiger partial charge on any atom is -0.348 e. The van der Waals surface area contributed by atoms with Crippen LogP contribution in [0.4, 0.5) is 11.4 Å². The topological polar surface area (TPSA) is 39.3 Å². The maximum Gasteiger partial charge on any atom is 0.171 e. The Morgan fingerprint density at radius 3 is 2.64 bits per heavy atom. The molecule has 3 N–H and O–H groups in total. The number of para-hydroxylation sites is 1. The molecule has 0 aliphatic carbocycles. The highest BCUT2D eigenvalue weighted by Gasteiger charge is 2.16. The van der Waals surface area contributed by atoms with Gasteiger partial charge in [-0.1, -0.05) is 24.3 Å². The van der Waals surface area contributed by atoms with Gasteiger partial charge in [0.15, 0.2) is 5.11 Å². The summed E-state index contributed by atoms with van der Waals surface area (Å²) in [6.45, 7) is 5.68. The molecule has 3 rings (SSSR count). The molecular weight excluding hydrogens is 292 g/mol. The molecule has 0 amide bonds. The number of aryl methyl sites for hydroxylation is 2. The molecule has 1 aliphatic rings. The Morgan fingerprint density at radius 2 is 1.91 bits per heavy atom. The molecule has 5 heteroatoms. The van der Waals surface area contributed by atoms with Crippen LogP contribution in [0.2, 0.25) is 0 Å². The van der Waals surface area contributed by atoms with Crippen molar-refractivity contribution >= 4 is 28.7 Å². The van der Waals surface area contributed by atoms with E-state index in [4.69, 9.17) is 12.2 Å². The average molecular weight is 312 g/mol. The van der Waals surface area contributed by atoms with Gasteiger partial charge in [-0.15, -0.1) is 0 Å². The highest BCUT2D eigenvalue weighted by Crippen LogP contribution is 2.23. The van der Waals surface area contributed by atoms with Crippen molar-refractivity contribution in [2.75, 3.05) is 17.4 Å². The van der Waals surface area contributed by atoms with Crippen LogP contribution in [0, 0.1) is 13.8 Å². The Balaban J connectivity index is 1.51. The lowest BCUT2D eigenvalue weighted by atomic mass is 10.1. The lowest BCUT2D eigenvalue weighted by Gasteiger charge is -2.18. The standard InChI is InChI=1S/C17H20N4S/c1-12-7-13(2)9-15(8-12)19-17(22)18-11-21-10-14-5-3-4-6-16(14)20-21/h3-9,20H,10-11H2,1-2H3,(H2,18,19,22). The number of fused-ring (bicyclic) bond motifs is 1. The number of thiocarbonyl (C=S) groups is 1. The van der Waals surface area contributed by atoms with E-state index in [9.17, 15) is 0 Å². The molecule has 1 aliphatic heterocycles. The summed E-state index contributed by atoms with van der Waals surface area (Å²) in [6.07, 6.45) is 0. The van der Waals surface area contributed by atoms with Crippen molar-refractivity contribution in [3.05, 3.63) is 59.2 Å². The normalized spacial score (nSPS) is 13.4. The van der Waals surface area contributed by atoms with E-state index in [0.717, 1.165) is 17.9 Å². The SMILES string of the molecule is Cc1cc(C)cc(NC(=S)NCN2Cc3ccccc3N2)c1. The number of nitrogens with one attached hydrogen (secondary N) is 3. The first-order valence-corrected chi connectivity index (χ1v) is 7.73. The molecule has 2 aromatic carbocycles. The molecule has 0 saturated heterocycles. The second kappa shape index (κ2) is 6.34. The van der Waals surface area contributed by atoms with Crippen LogP contribution in [0.25, 0.3) is 0 Å². The minimum absolute atomic E-state index is 0.628. The molecule has 0 radical (unpaired) electrons. The minimum atomic E-state index is 0.628. The van der Waals surface area contributed by atoms with E-state index >= 15 is 0 Å². The Labute approximate surface area is 136 Å². The summed E-state index contributed by atoms with van der Waals surface area (Å²) in [5, 5.41) is 9.19. The van der Waals surface area contributed by atoms with Gasteiger partial charge in [-0.05, 0) is 61.0 Å². The smallest absolute Gasteiger partial charge is 0.171 e. The lowest BCUT2D eigenvalue weighted by Crippen LogP contribution is -2.39. The number of nitrogens with zero attached hydrogens (tertiary/aromatic N) is 1. The van der Waals surface area contributed by atoms with Crippen LogP contribution in [-0.4, -0.2) is 16.8 Å². The molecule has 22 heavy (non-hydrogen) atoms. The maximum absolute atomic E-state index is 5.37. The molecule has 0 bridgehead atoms. The fraction of sp³-hybridized carbons (Fsp3) is 0.235. The molecule has 0 spiro atoms. The molecule has 2 aromatic rings. The van der Waals surface area contributed by atoms with Crippen LogP contribution in [0.1, 0.15) is 16.7 Å². The fourth-order valence-electron chi connectivity index (χ4n) is 2.67. The molecule has 4 nitrogen and oxygen atoms in total. The first kappa shape index (κ1) is 14.8. The molecule has 1 heterocycles. The van der Waals surface area contributed by atoms with Gasteiger partial charge >= 0.3 is 0 Å². The monoisotopic (exact) mass is 312 g/mol. The van der Waals surface area contributed by atoms with E-state index in [2.05, 4.69) is 71.3 Å². The van der Waals surface area contributed by atoms with Gasteiger partial charge in [0.1, 0.15) is 0 Å². The first-order valence-electron chi connectivity index (χ1n) is 7.33. The van der Waals surface area contributed by atoms with E-state index < -0.39 is 0 Å². The van der Waals surface area contributed by atoms with Gasteiger partial charge in [-0.3, -0.25) is 0 Å². The quantitative estimate of drug-likeness (QED) is 0.758. The van der Waals surface area contributed by atoms with Crippen molar-refractivity contribution < 1.29 is 0 Å². The van der Waals surface area contributed by atoms with Gasteiger partial charge < -0.3 is 16.1 Å². The van der Waals surface area contributed by atoms with Crippen molar-refractivity contribution in [3.63, 3.8) is 0 Å². The number of anilines is 2. The Kier molecular flexibility index (Phi) is 4.27. The van der Waals surface area contributed by atoms with E-state index in [-0.39, 0.29) is 0 Å². The van der Waals surface area contributed by atoms with Gasteiger partial charge in [0.2, 0.25) is 0 Å². The molecule has 0 aromatic heterocycles. The summed E-state index contributed by atoms with van der Waals surface area (Å²) >= 11 is 5.37. The summed E-state index contributed by atoms with van der Waals surface area (Å²) in [5.41, 5.74) is 9.29. The van der Waals surface area contributed by atoms with Crippen molar-refractivity contribution in [1.29, 1.82) is 0 Å². The third-order valence-electron chi connectivity index (χ3n) is 3.57. The number of hydrogen-bond donors (Lipinski definition) is 3. The first-order chi connectivity index (χ1) is 10.6. The second-order valence-corrected chi connectivity index (χ2v) is 6.04. The van der Waals surface area contributed by atoms with E-state index in [1.807, 2.05) is 6.07 Å². The third-order valence-corrected chi connectivity index (χ3v) is 3.81. The zero-order chi connectivity index (χ0) is 15.5. The van der Waals surface area contributed by atoms with Gasteiger partial charge in [-0.25, -0.2) is 0 Å². The fourth-order valence-corrected chi connectivity index (χ4v) is 2.85. The zero-order valence-corrected chi connectivity index (χ0v) is 13.6. The van der Waals surface area contributed by atoms with Crippen LogP contribution >= 0.6 is 12.2 Å².